The highest BCUT2D eigenvalue weighted by Gasteiger charge is 2.48. The second-order valence-corrected chi connectivity index (χ2v) is 8.53. The Hall–Kier alpha value is -3.95. The molecule has 3 aromatic rings. The van der Waals surface area contributed by atoms with E-state index in [0.717, 1.165) is 0 Å². The fraction of sp³-hybridized carbons (Fsp3) is 0.160. The Labute approximate surface area is 215 Å². The molecule has 1 saturated heterocycles. The van der Waals surface area contributed by atoms with Crippen molar-refractivity contribution < 1.29 is 33.6 Å². The van der Waals surface area contributed by atoms with E-state index in [9.17, 15) is 14.7 Å². The molecule has 2 aliphatic rings. The number of ketones is 1. The van der Waals surface area contributed by atoms with Crippen LogP contribution in [0.4, 0.5) is 5.69 Å². The number of fused-ring (bicyclic) bond motifs is 1. The molecule has 2 aromatic carbocycles. The number of carbonyl (C=O) groups is 2. The fourth-order valence-corrected chi connectivity index (χ4v) is 4.93. The summed E-state index contributed by atoms with van der Waals surface area (Å²) in [6.45, 7) is 0.0417. The summed E-state index contributed by atoms with van der Waals surface area (Å²) in [5.74, 6) is -1.24. The van der Waals surface area contributed by atoms with Crippen molar-refractivity contribution in [3.05, 3.63) is 75.5 Å². The molecule has 0 radical (unpaired) electrons. The molecule has 1 amide bonds. The Morgan fingerprint density at radius 2 is 1.81 bits per heavy atom. The number of aliphatic hydroxyl groups excluding tert-OH is 1. The minimum absolute atomic E-state index is 0.00608. The van der Waals surface area contributed by atoms with E-state index >= 15 is 0 Å². The number of methoxy groups -OCH3 is 2. The molecule has 1 N–H and O–H groups in total. The number of ether oxygens (including phenoxy) is 4. The molecule has 11 heteroatoms. The molecule has 5 rings (SSSR count). The predicted octanol–water partition coefficient (Wildman–Crippen LogP) is 4.76. The highest BCUT2D eigenvalue weighted by atomic mass is 35.5. The Morgan fingerprint density at radius 3 is 2.50 bits per heavy atom. The highest BCUT2D eigenvalue weighted by molar-refractivity contribution is 6.52. The number of Topliss-reactive ketones (excluding diaryl/α,β-unsaturated/α-hetero) is 1. The number of anilines is 1. The van der Waals surface area contributed by atoms with Crippen molar-refractivity contribution in [2.75, 3.05) is 25.9 Å². The van der Waals surface area contributed by atoms with E-state index < -0.39 is 23.5 Å². The van der Waals surface area contributed by atoms with Gasteiger partial charge in [-0.15, -0.1) is 0 Å². The van der Waals surface area contributed by atoms with Crippen LogP contribution in [0.5, 0.6) is 23.0 Å². The number of hydrogen-bond donors (Lipinski definition) is 1. The van der Waals surface area contributed by atoms with Crippen LogP contribution in [-0.4, -0.2) is 42.8 Å². The van der Waals surface area contributed by atoms with Crippen LogP contribution >= 0.6 is 23.2 Å². The average molecular weight is 529 g/mol. The number of aromatic nitrogens is 1. The topological polar surface area (TPSA) is 107 Å². The maximum absolute atomic E-state index is 13.4. The van der Waals surface area contributed by atoms with Gasteiger partial charge in [0.25, 0.3) is 11.7 Å². The van der Waals surface area contributed by atoms with Crippen LogP contribution < -0.4 is 23.8 Å². The summed E-state index contributed by atoms with van der Waals surface area (Å²) in [5.41, 5.74) is 0.499. The van der Waals surface area contributed by atoms with Crippen molar-refractivity contribution >= 4 is 46.3 Å². The van der Waals surface area contributed by atoms with Gasteiger partial charge in [0.2, 0.25) is 6.79 Å². The Balaban J connectivity index is 1.75. The first-order chi connectivity index (χ1) is 17.4. The monoisotopic (exact) mass is 528 g/mol. The maximum Gasteiger partial charge on any atom is 0.300 e. The number of halogens is 2. The highest BCUT2D eigenvalue weighted by Crippen LogP contribution is 2.48. The first-order valence-electron chi connectivity index (χ1n) is 10.6. The second-order valence-electron chi connectivity index (χ2n) is 7.75. The lowest BCUT2D eigenvalue weighted by atomic mass is 9.97. The third-order valence-corrected chi connectivity index (χ3v) is 6.47. The van der Waals surface area contributed by atoms with E-state index in [4.69, 9.17) is 42.1 Å². The molecular weight excluding hydrogens is 511 g/mol. The van der Waals surface area contributed by atoms with Gasteiger partial charge in [0.05, 0.1) is 36.1 Å². The van der Waals surface area contributed by atoms with Crippen molar-refractivity contribution in [2.45, 2.75) is 6.04 Å². The van der Waals surface area contributed by atoms with Crippen molar-refractivity contribution in [3.63, 3.8) is 0 Å². The number of hydrogen-bond acceptors (Lipinski definition) is 8. The van der Waals surface area contributed by atoms with Crippen LogP contribution in [0.2, 0.25) is 10.0 Å². The zero-order chi connectivity index (χ0) is 25.6. The van der Waals surface area contributed by atoms with Crippen LogP contribution in [0.3, 0.4) is 0 Å². The lowest BCUT2D eigenvalue weighted by Crippen LogP contribution is -2.29. The summed E-state index contributed by atoms with van der Waals surface area (Å²) in [5, 5.41) is 11.5. The van der Waals surface area contributed by atoms with Crippen LogP contribution in [-0.2, 0) is 9.59 Å². The average Bonchev–Trinajstić information content (AvgIpc) is 3.46. The van der Waals surface area contributed by atoms with E-state index in [0.29, 0.717) is 22.9 Å². The first kappa shape index (κ1) is 23.8. The minimum atomic E-state index is -1.07. The summed E-state index contributed by atoms with van der Waals surface area (Å²) >= 11 is 12.7. The van der Waals surface area contributed by atoms with Crippen molar-refractivity contribution in [3.8, 4) is 23.0 Å². The van der Waals surface area contributed by atoms with Gasteiger partial charge in [-0.3, -0.25) is 19.5 Å². The standard InChI is InChI=1S/C25H18Cl2N2O7/c1-33-23-13(10-14(26)24(34-2)19(23)27)21(30)18-20(15-5-3-4-8-28-15)29(25(32)22(18)31)12-6-7-16-17(9-12)36-11-35-16/h3-10,20,30H,11H2,1-2H3/b21-18+. The molecule has 2 aliphatic heterocycles. The summed E-state index contributed by atoms with van der Waals surface area (Å²) in [6.07, 6.45) is 1.52. The predicted molar refractivity (Wildman–Crippen MR) is 131 cm³/mol. The molecule has 3 heterocycles. The molecule has 0 saturated carbocycles. The van der Waals surface area contributed by atoms with Crippen molar-refractivity contribution in [1.29, 1.82) is 0 Å². The quantitative estimate of drug-likeness (QED) is 0.287. The van der Waals surface area contributed by atoms with Gasteiger partial charge >= 0.3 is 0 Å². The molecule has 1 aromatic heterocycles. The van der Waals surface area contributed by atoms with E-state index in [1.807, 2.05) is 0 Å². The molecule has 1 fully saturated rings. The molecule has 1 unspecified atom stereocenters. The summed E-state index contributed by atoms with van der Waals surface area (Å²) in [7, 11) is 2.72. The van der Waals surface area contributed by atoms with Crippen LogP contribution in [0.1, 0.15) is 17.3 Å². The minimum Gasteiger partial charge on any atom is -0.507 e. The van der Waals surface area contributed by atoms with Crippen molar-refractivity contribution in [1.82, 2.24) is 4.98 Å². The number of pyridine rings is 1. The van der Waals surface area contributed by atoms with E-state index in [-0.39, 0.29) is 39.5 Å². The molecule has 9 nitrogen and oxygen atoms in total. The lowest BCUT2D eigenvalue weighted by molar-refractivity contribution is -0.132. The fourth-order valence-electron chi connectivity index (χ4n) is 4.24. The van der Waals surface area contributed by atoms with Gasteiger partial charge in [-0.25, -0.2) is 0 Å². The molecule has 0 spiro atoms. The number of carbonyl (C=O) groups excluding carboxylic acids is 2. The summed E-state index contributed by atoms with van der Waals surface area (Å²) < 4.78 is 21.4. The van der Waals surface area contributed by atoms with Gasteiger partial charge in [-0.05, 0) is 30.3 Å². The smallest absolute Gasteiger partial charge is 0.300 e. The SMILES string of the molecule is COc1c(Cl)cc(/C(O)=C2\C(=O)C(=O)N(c3ccc4c(c3)OCO4)C2c2ccccn2)c(OC)c1Cl. The third kappa shape index (κ3) is 3.68. The maximum atomic E-state index is 13.4. The zero-order valence-electron chi connectivity index (χ0n) is 19.0. The lowest BCUT2D eigenvalue weighted by Gasteiger charge is -2.25. The largest absolute Gasteiger partial charge is 0.507 e. The van der Waals surface area contributed by atoms with Gasteiger partial charge < -0.3 is 24.1 Å². The molecule has 0 aliphatic carbocycles. The second kappa shape index (κ2) is 9.25. The number of rotatable bonds is 5. The normalized spacial score (nSPS) is 18.0. The van der Waals surface area contributed by atoms with Gasteiger partial charge in [0, 0.05) is 18.0 Å². The molecule has 36 heavy (non-hydrogen) atoms. The van der Waals surface area contributed by atoms with Gasteiger partial charge in [-0.1, -0.05) is 29.3 Å². The van der Waals surface area contributed by atoms with Crippen LogP contribution in [0.15, 0.2) is 54.2 Å². The third-order valence-electron chi connectivity index (χ3n) is 5.84. The number of nitrogens with zero attached hydrogens (tertiary/aromatic N) is 2. The summed E-state index contributed by atoms with van der Waals surface area (Å²) in [4.78, 5) is 32.3. The van der Waals surface area contributed by atoms with E-state index in [1.54, 1.807) is 36.4 Å². The molecule has 0 bridgehead atoms. The van der Waals surface area contributed by atoms with Gasteiger partial charge in [-0.2, -0.15) is 0 Å². The van der Waals surface area contributed by atoms with Gasteiger partial charge in [0.15, 0.2) is 23.0 Å². The molecular formula is C25H18Cl2N2O7. The van der Waals surface area contributed by atoms with E-state index in [1.165, 1.54) is 31.4 Å². The Kier molecular flexibility index (Phi) is 6.11. The van der Waals surface area contributed by atoms with Crippen LogP contribution in [0, 0.1) is 0 Å². The van der Waals surface area contributed by atoms with E-state index in [2.05, 4.69) is 4.98 Å². The van der Waals surface area contributed by atoms with Crippen LogP contribution in [0.25, 0.3) is 5.76 Å². The number of aliphatic hydroxyl groups is 1. The number of amides is 1. The molecule has 1 atom stereocenters. The zero-order valence-corrected chi connectivity index (χ0v) is 20.5. The van der Waals surface area contributed by atoms with Gasteiger partial charge in [0.1, 0.15) is 16.8 Å². The Morgan fingerprint density at radius 1 is 1.06 bits per heavy atom. The number of benzene rings is 2. The van der Waals surface area contributed by atoms with Crippen molar-refractivity contribution in [2.24, 2.45) is 0 Å². The first-order valence-corrected chi connectivity index (χ1v) is 11.3. The molecule has 184 valence electrons. The summed E-state index contributed by atoms with van der Waals surface area (Å²) in [6, 6.07) is 10.2. The Bertz CT molecular complexity index is 1430.